The minimum Gasteiger partial charge on any atom is -0.419 e. The van der Waals surface area contributed by atoms with Gasteiger partial charge in [-0.05, 0) is 47.4 Å². The van der Waals surface area contributed by atoms with Gasteiger partial charge in [0.2, 0.25) is 11.8 Å². The summed E-state index contributed by atoms with van der Waals surface area (Å²) in [6, 6.07) is 7.99. The molecule has 0 bridgehead atoms. The van der Waals surface area contributed by atoms with Crippen molar-refractivity contribution in [1.29, 1.82) is 0 Å². The fraction of sp³-hybridized carbons (Fsp3) is 0.467. The van der Waals surface area contributed by atoms with E-state index < -0.39 is 0 Å². The largest absolute Gasteiger partial charge is 0.419 e. The SMILES string of the molecule is OCC1CCCCN1Cc1nnc(-c2ccccc2Br)o1. The third-order valence-electron chi connectivity index (χ3n) is 3.87. The average Bonchev–Trinajstić information content (AvgIpc) is 2.96. The summed E-state index contributed by atoms with van der Waals surface area (Å²) in [5, 5.41) is 17.7. The number of aromatic nitrogens is 2. The molecule has 1 atom stereocenters. The molecule has 0 spiro atoms. The number of aliphatic hydroxyl groups excluding tert-OH is 1. The molecule has 3 rings (SSSR count). The third kappa shape index (κ3) is 3.33. The quantitative estimate of drug-likeness (QED) is 0.917. The van der Waals surface area contributed by atoms with Crippen molar-refractivity contribution in [2.24, 2.45) is 0 Å². The van der Waals surface area contributed by atoms with Crippen LogP contribution in [0.25, 0.3) is 11.5 Å². The summed E-state index contributed by atoms with van der Waals surface area (Å²) in [6.45, 7) is 1.76. The second-order valence-electron chi connectivity index (χ2n) is 5.28. The van der Waals surface area contributed by atoms with E-state index >= 15 is 0 Å². The van der Waals surface area contributed by atoms with E-state index in [-0.39, 0.29) is 12.6 Å². The van der Waals surface area contributed by atoms with Gasteiger partial charge >= 0.3 is 0 Å². The molecule has 0 saturated carbocycles. The maximum atomic E-state index is 9.44. The number of halogens is 1. The zero-order valence-corrected chi connectivity index (χ0v) is 13.3. The van der Waals surface area contributed by atoms with Crippen LogP contribution in [-0.2, 0) is 6.54 Å². The first kappa shape index (κ1) is 14.7. The maximum absolute atomic E-state index is 9.44. The molecule has 5 nitrogen and oxygen atoms in total. The van der Waals surface area contributed by atoms with E-state index in [1.807, 2.05) is 24.3 Å². The smallest absolute Gasteiger partial charge is 0.248 e. The lowest BCUT2D eigenvalue weighted by Crippen LogP contribution is -2.41. The number of likely N-dealkylation sites (tertiary alicyclic amines) is 1. The highest BCUT2D eigenvalue weighted by atomic mass is 79.9. The number of aliphatic hydroxyl groups is 1. The first-order chi connectivity index (χ1) is 10.3. The highest BCUT2D eigenvalue weighted by Crippen LogP contribution is 2.27. The van der Waals surface area contributed by atoms with Gasteiger partial charge in [-0.15, -0.1) is 10.2 Å². The zero-order valence-electron chi connectivity index (χ0n) is 11.7. The normalized spacial score (nSPS) is 19.8. The van der Waals surface area contributed by atoms with Crippen molar-refractivity contribution in [3.05, 3.63) is 34.6 Å². The van der Waals surface area contributed by atoms with Crippen LogP contribution in [0.4, 0.5) is 0 Å². The molecule has 1 aromatic carbocycles. The number of hydrogen-bond donors (Lipinski definition) is 1. The molecule has 0 amide bonds. The molecule has 0 radical (unpaired) electrons. The summed E-state index contributed by atoms with van der Waals surface area (Å²) in [7, 11) is 0. The van der Waals surface area contributed by atoms with Gasteiger partial charge in [-0.2, -0.15) is 0 Å². The number of benzene rings is 1. The lowest BCUT2D eigenvalue weighted by atomic mass is 10.0. The number of nitrogens with zero attached hydrogens (tertiary/aromatic N) is 3. The Morgan fingerprint density at radius 1 is 1.29 bits per heavy atom. The second kappa shape index (κ2) is 6.68. The van der Waals surface area contributed by atoms with Gasteiger partial charge in [0.05, 0.1) is 18.7 Å². The van der Waals surface area contributed by atoms with Crippen LogP contribution in [0.2, 0.25) is 0 Å². The van der Waals surface area contributed by atoms with Crippen molar-refractivity contribution in [3.8, 4) is 11.5 Å². The predicted octanol–water partition coefficient (Wildman–Crippen LogP) is 2.85. The Bertz CT molecular complexity index is 602. The summed E-state index contributed by atoms with van der Waals surface area (Å²) in [6.07, 6.45) is 3.36. The van der Waals surface area contributed by atoms with Gasteiger partial charge in [0.25, 0.3) is 0 Å². The Kier molecular flexibility index (Phi) is 4.67. The lowest BCUT2D eigenvalue weighted by molar-refractivity contribution is 0.0769. The molecule has 1 saturated heterocycles. The second-order valence-corrected chi connectivity index (χ2v) is 6.14. The van der Waals surface area contributed by atoms with E-state index in [4.69, 9.17) is 4.42 Å². The van der Waals surface area contributed by atoms with Crippen molar-refractivity contribution in [2.75, 3.05) is 13.2 Å². The molecule has 1 fully saturated rings. The van der Waals surface area contributed by atoms with E-state index in [0.717, 1.165) is 29.4 Å². The van der Waals surface area contributed by atoms with E-state index in [1.54, 1.807) is 0 Å². The van der Waals surface area contributed by atoms with Crippen LogP contribution in [-0.4, -0.2) is 39.4 Å². The average molecular weight is 352 g/mol. The van der Waals surface area contributed by atoms with Gasteiger partial charge in [0.1, 0.15) is 0 Å². The van der Waals surface area contributed by atoms with Crippen molar-refractivity contribution >= 4 is 15.9 Å². The third-order valence-corrected chi connectivity index (χ3v) is 4.56. The van der Waals surface area contributed by atoms with Crippen molar-refractivity contribution in [3.63, 3.8) is 0 Å². The Morgan fingerprint density at radius 2 is 2.14 bits per heavy atom. The molecule has 21 heavy (non-hydrogen) atoms. The van der Waals surface area contributed by atoms with Gasteiger partial charge in [0.15, 0.2) is 0 Å². The van der Waals surface area contributed by atoms with Crippen LogP contribution < -0.4 is 0 Å². The zero-order chi connectivity index (χ0) is 14.7. The van der Waals surface area contributed by atoms with E-state index in [0.29, 0.717) is 18.3 Å². The van der Waals surface area contributed by atoms with Crippen molar-refractivity contribution < 1.29 is 9.52 Å². The molecule has 0 aliphatic carbocycles. The van der Waals surface area contributed by atoms with Crippen LogP contribution >= 0.6 is 15.9 Å². The van der Waals surface area contributed by atoms with E-state index in [9.17, 15) is 5.11 Å². The molecule has 2 aromatic rings. The van der Waals surface area contributed by atoms with Crippen LogP contribution in [0.5, 0.6) is 0 Å². The minimum atomic E-state index is 0.186. The van der Waals surface area contributed by atoms with Gasteiger partial charge in [-0.25, -0.2) is 0 Å². The van der Waals surface area contributed by atoms with Crippen LogP contribution in [0, 0.1) is 0 Å². The maximum Gasteiger partial charge on any atom is 0.248 e. The topological polar surface area (TPSA) is 62.4 Å². The number of hydrogen-bond acceptors (Lipinski definition) is 5. The van der Waals surface area contributed by atoms with Gasteiger partial charge in [-0.3, -0.25) is 4.90 Å². The summed E-state index contributed by atoms with van der Waals surface area (Å²) in [4.78, 5) is 2.22. The molecule has 1 aliphatic rings. The molecular formula is C15H18BrN3O2. The Hall–Kier alpha value is -1.24. The molecular weight excluding hydrogens is 334 g/mol. The van der Waals surface area contributed by atoms with Crippen molar-refractivity contribution in [2.45, 2.75) is 31.8 Å². The fourth-order valence-corrected chi connectivity index (χ4v) is 3.16. The van der Waals surface area contributed by atoms with Gasteiger partial charge in [0, 0.05) is 10.5 Å². The first-order valence-electron chi connectivity index (χ1n) is 7.20. The summed E-state index contributed by atoms with van der Waals surface area (Å²) < 4.78 is 6.71. The Labute approximate surface area is 132 Å². The summed E-state index contributed by atoms with van der Waals surface area (Å²) in [5.74, 6) is 1.12. The molecule has 1 aliphatic heterocycles. The standard InChI is InChI=1S/C15H18BrN3O2/c16-13-7-2-1-6-12(13)15-18-17-14(21-15)9-19-8-4-3-5-11(19)10-20/h1-2,6-7,11,20H,3-5,8-10H2. The Morgan fingerprint density at radius 3 is 2.95 bits per heavy atom. The minimum absolute atomic E-state index is 0.186. The van der Waals surface area contributed by atoms with Gasteiger partial charge < -0.3 is 9.52 Å². The number of piperidine rings is 1. The fourth-order valence-electron chi connectivity index (χ4n) is 2.71. The molecule has 1 aromatic heterocycles. The molecule has 1 N–H and O–H groups in total. The van der Waals surface area contributed by atoms with Gasteiger partial charge in [-0.1, -0.05) is 18.6 Å². The molecule has 112 valence electrons. The van der Waals surface area contributed by atoms with Crippen LogP contribution in [0.3, 0.4) is 0 Å². The van der Waals surface area contributed by atoms with Crippen molar-refractivity contribution in [1.82, 2.24) is 15.1 Å². The summed E-state index contributed by atoms with van der Waals surface area (Å²) >= 11 is 3.49. The van der Waals surface area contributed by atoms with E-state index in [2.05, 4.69) is 31.0 Å². The van der Waals surface area contributed by atoms with Crippen LogP contribution in [0.1, 0.15) is 25.2 Å². The lowest BCUT2D eigenvalue weighted by Gasteiger charge is -2.33. The highest BCUT2D eigenvalue weighted by molar-refractivity contribution is 9.10. The number of rotatable bonds is 4. The summed E-state index contributed by atoms with van der Waals surface area (Å²) in [5.41, 5.74) is 0.897. The molecule has 2 heterocycles. The Balaban J connectivity index is 1.75. The molecule has 1 unspecified atom stereocenters. The monoisotopic (exact) mass is 351 g/mol. The highest BCUT2D eigenvalue weighted by Gasteiger charge is 2.23. The molecule has 6 heteroatoms. The first-order valence-corrected chi connectivity index (χ1v) is 7.99. The van der Waals surface area contributed by atoms with E-state index in [1.165, 1.54) is 6.42 Å². The predicted molar refractivity (Wildman–Crippen MR) is 82.6 cm³/mol. The van der Waals surface area contributed by atoms with Crippen LogP contribution in [0.15, 0.2) is 33.2 Å².